The second-order valence-corrected chi connectivity index (χ2v) is 3.03. The van der Waals surface area contributed by atoms with Gasteiger partial charge in [0.2, 0.25) is 0 Å². The molecular formula is C8H8ClNO4. The molecule has 1 aromatic carbocycles. The third-order valence-corrected chi connectivity index (χ3v) is 2.10. The molecule has 0 bridgehead atoms. The molecule has 76 valence electrons. The quantitative estimate of drug-likeness (QED) is 0.594. The number of nitrogens with zero attached hydrogens (tertiary/aromatic N) is 1. The molecule has 0 heterocycles. The molecule has 0 atom stereocenters. The molecule has 0 aliphatic rings. The van der Waals surface area contributed by atoms with Crippen LogP contribution >= 0.6 is 11.6 Å². The number of hydrogen-bond donors (Lipinski definition) is 2. The summed E-state index contributed by atoms with van der Waals surface area (Å²) in [6, 6.07) is 2.51. The minimum absolute atomic E-state index is 0.0452. The van der Waals surface area contributed by atoms with Crippen molar-refractivity contribution in [2.24, 2.45) is 0 Å². The first kappa shape index (κ1) is 10.7. The van der Waals surface area contributed by atoms with E-state index in [4.69, 9.17) is 16.7 Å². The van der Waals surface area contributed by atoms with Crippen molar-refractivity contribution in [1.29, 1.82) is 0 Å². The van der Waals surface area contributed by atoms with Crippen molar-refractivity contribution in [2.75, 3.05) is 6.61 Å². The molecule has 0 saturated heterocycles. The van der Waals surface area contributed by atoms with Gasteiger partial charge in [0.15, 0.2) is 5.75 Å². The van der Waals surface area contributed by atoms with Gasteiger partial charge in [-0.05, 0) is 12.1 Å². The van der Waals surface area contributed by atoms with Gasteiger partial charge in [0.05, 0.1) is 15.5 Å². The Morgan fingerprint density at radius 3 is 2.64 bits per heavy atom. The zero-order valence-corrected chi connectivity index (χ0v) is 7.86. The third kappa shape index (κ3) is 1.94. The van der Waals surface area contributed by atoms with Crippen LogP contribution in [0, 0.1) is 10.1 Å². The lowest BCUT2D eigenvalue weighted by atomic mass is 10.1. The van der Waals surface area contributed by atoms with Crippen molar-refractivity contribution in [3.05, 3.63) is 32.8 Å². The Morgan fingerprint density at radius 2 is 2.14 bits per heavy atom. The average Bonchev–Trinajstić information content (AvgIpc) is 2.11. The maximum absolute atomic E-state index is 10.6. The van der Waals surface area contributed by atoms with Crippen molar-refractivity contribution in [3.8, 4) is 5.75 Å². The SMILES string of the molecule is O=[N+]([O-])c1c(O)ccc(Cl)c1CCO. The summed E-state index contributed by atoms with van der Waals surface area (Å²) in [4.78, 5) is 9.86. The second kappa shape index (κ2) is 4.26. The van der Waals surface area contributed by atoms with E-state index < -0.39 is 16.4 Å². The number of aromatic hydroxyl groups is 1. The van der Waals surface area contributed by atoms with Crippen LogP contribution in [0.1, 0.15) is 5.56 Å². The summed E-state index contributed by atoms with van der Waals surface area (Å²) in [6.07, 6.45) is 0.0452. The maximum atomic E-state index is 10.6. The molecule has 0 fully saturated rings. The van der Waals surface area contributed by atoms with E-state index in [1.54, 1.807) is 0 Å². The largest absolute Gasteiger partial charge is 0.502 e. The van der Waals surface area contributed by atoms with Crippen molar-refractivity contribution in [2.45, 2.75) is 6.42 Å². The summed E-state index contributed by atoms with van der Waals surface area (Å²) in [5.74, 6) is -0.442. The van der Waals surface area contributed by atoms with Gasteiger partial charge in [0.1, 0.15) is 0 Å². The Morgan fingerprint density at radius 1 is 1.50 bits per heavy atom. The number of halogens is 1. The molecule has 0 spiro atoms. The highest BCUT2D eigenvalue weighted by atomic mass is 35.5. The van der Waals surface area contributed by atoms with Crippen LogP contribution in [-0.2, 0) is 6.42 Å². The van der Waals surface area contributed by atoms with Gasteiger partial charge in [-0.2, -0.15) is 0 Å². The predicted molar refractivity (Wildman–Crippen MR) is 50.6 cm³/mol. The van der Waals surface area contributed by atoms with Gasteiger partial charge in [-0.3, -0.25) is 10.1 Å². The highest BCUT2D eigenvalue weighted by molar-refractivity contribution is 6.31. The zero-order chi connectivity index (χ0) is 10.7. The molecule has 14 heavy (non-hydrogen) atoms. The van der Waals surface area contributed by atoms with E-state index in [1.807, 2.05) is 0 Å². The number of phenolic OH excluding ortho intramolecular Hbond substituents is 1. The Bertz CT molecular complexity index is 367. The first-order valence-corrected chi connectivity index (χ1v) is 4.21. The van der Waals surface area contributed by atoms with E-state index in [0.29, 0.717) is 0 Å². The summed E-state index contributed by atoms with van der Waals surface area (Å²) < 4.78 is 0. The fourth-order valence-corrected chi connectivity index (χ4v) is 1.40. The number of benzene rings is 1. The number of aliphatic hydroxyl groups is 1. The number of hydrogen-bond acceptors (Lipinski definition) is 4. The molecule has 0 aromatic heterocycles. The molecule has 1 aromatic rings. The standard InChI is InChI=1S/C8H8ClNO4/c9-6-1-2-7(12)8(10(13)14)5(6)3-4-11/h1-2,11-12H,3-4H2. The van der Waals surface area contributed by atoms with Gasteiger partial charge < -0.3 is 10.2 Å². The Kier molecular flexibility index (Phi) is 3.27. The average molecular weight is 218 g/mol. The molecule has 0 amide bonds. The van der Waals surface area contributed by atoms with Crippen LogP contribution in [0.3, 0.4) is 0 Å². The Hall–Kier alpha value is -1.33. The van der Waals surface area contributed by atoms with Gasteiger partial charge in [0.25, 0.3) is 0 Å². The molecule has 0 unspecified atom stereocenters. The fraction of sp³-hybridized carbons (Fsp3) is 0.250. The van der Waals surface area contributed by atoms with Gasteiger partial charge in [-0.1, -0.05) is 11.6 Å². The van der Waals surface area contributed by atoms with Crippen molar-refractivity contribution < 1.29 is 15.1 Å². The summed E-state index contributed by atoms with van der Waals surface area (Å²) in [5, 5.41) is 28.7. The van der Waals surface area contributed by atoms with Crippen molar-refractivity contribution >= 4 is 17.3 Å². The van der Waals surface area contributed by atoms with Gasteiger partial charge >= 0.3 is 5.69 Å². The van der Waals surface area contributed by atoms with Crippen LogP contribution in [0.15, 0.2) is 12.1 Å². The number of rotatable bonds is 3. The third-order valence-electron chi connectivity index (χ3n) is 1.75. The first-order chi connectivity index (χ1) is 6.57. The lowest BCUT2D eigenvalue weighted by Crippen LogP contribution is -1.99. The van der Waals surface area contributed by atoms with E-state index in [9.17, 15) is 15.2 Å². The first-order valence-electron chi connectivity index (χ1n) is 3.83. The molecule has 5 nitrogen and oxygen atoms in total. The minimum atomic E-state index is -0.716. The molecule has 2 N–H and O–H groups in total. The Labute approximate surface area is 84.7 Å². The monoisotopic (exact) mass is 217 g/mol. The second-order valence-electron chi connectivity index (χ2n) is 2.62. The smallest absolute Gasteiger partial charge is 0.315 e. The number of nitro benzene ring substituents is 1. The van der Waals surface area contributed by atoms with E-state index in [0.717, 1.165) is 6.07 Å². The van der Waals surface area contributed by atoms with Crippen LogP contribution in [0.4, 0.5) is 5.69 Å². The van der Waals surface area contributed by atoms with E-state index >= 15 is 0 Å². The molecule has 0 saturated carbocycles. The zero-order valence-electron chi connectivity index (χ0n) is 7.11. The molecular weight excluding hydrogens is 210 g/mol. The number of phenols is 1. The van der Waals surface area contributed by atoms with E-state index in [2.05, 4.69) is 0 Å². The van der Waals surface area contributed by atoms with Gasteiger partial charge in [-0.25, -0.2) is 0 Å². The van der Waals surface area contributed by atoms with E-state index in [1.165, 1.54) is 6.07 Å². The minimum Gasteiger partial charge on any atom is -0.502 e. The highest BCUT2D eigenvalue weighted by Crippen LogP contribution is 2.34. The molecule has 6 heteroatoms. The van der Waals surface area contributed by atoms with Gasteiger partial charge in [-0.15, -0.1) is 0 Å². The number of aliphatic hydroxyl groups excluding tert-OH is 1. The van der Waals surface area contributed by atoms with Crippen LogP contribution < -0.4 is 0 Å². The lowest BCUT2D eigenvalue weighted by Gasteiger charge is -2.04. The summed E-state index contributed by atoms with van der Waals surface area (Å²) in [5.41, 5.74) is -0.286. The molecule has 1 rings (SSSR count). The maximum Gasteiger partial charge on any atom is 0.315 e. The summed E-state index contributed by atoms with van der Waals surface area (Å²) in [6.45, 7) is -0.260. The lowest BCUT2D eigenvalue weighted by molar-refractivity contribution is -0.386. The van der Waals surface area contributed by atoms with Crippen LogP contribution in [0.2, 0.25) is 5.02 Å². The predicted octanol–water partition coefficient (Wildman–Crippen LogP) is 1.49. The van der Waals surface area contributed by atoms with Crippen LogP contribution in [-0.4, -0.2) is 21.7 Å². The van der Waals surface area contributed by atoms with Crippen molar-refractivity contribution in [3.63, 3.8) is 0 Å². The van der Waals surface area contributed by atoms with Gasteiger partial charge in [0, 0.05) is 13.0 Å². The van der Waals surface area contributed by atoms with Crippen molar-refractivity contribution in [1.82, 2.24) is 0 Å². The molecule has 0 aliphatic heterocycles. The highest BCUT2D eigenvalue weighted by Gasteiger charge is 2.21. The Balaban J connectivity index is 3.33. The van der Waals surface area contributed by atoms with E-state index in [-0.39, 0.29) is 23.6 Å². The molecule has 0 aliphatic carbocycles. The molecule has 0 radical (unpaired) electrons. The fourth-order valence-electron chi connectivity index (χ4n) is 1.15. The summed E-state index contributed by atoms with van der Waals surface area (Å²) in [7, 11) is 0. The summed E-state index contributed by atoms with van der Waals surface area (Å²) >= 11 is 5.70. The van der Waals surface area contributed by atoms with Crippen LogP contribution in [0.25, 0.3) is 0 Å². The normalized spacial score (nSPS) is 10.1. The van der Waals surface area contributed by atoms with Crippen LogP contribution in [0.5, 0.6) is 5.75 Å². The topological polar surface area (TPSA) is 83.6 Å². The number of nitro groups is 1.